The molecule has 0 bridgehead atoms. The molecule has 2 heterocycles. The molecule has 4 nitrogen and oxygen atoms in total. The van der Waals surface area contributed by atoms with Gasteiger partial charge >= 0.3 is 0 Å². The molecule has 0 atom stereocenters. The maximum absolute atomic E-state index is 13.9. The average molecular weight is 422 g/mol. The van der Waals surface area contributed by atoms with E-state index in [-0.39, 0.29) is 35.5 Å². The quantitative estimate of drug-likeness (QED) is 0.548. The minimum atomic E-state index is -0.236. The van der Waals surface area contributed by atoms with Gasteiger partial charge in [0.15, 0.2) is 0 Å². The van der Waals surface area contributed by atoms with E-state index in [1.54, 1.807) is 13.1 Å². The lowest BCUT2D eigenvalue weighted by Crippen LogP contribution is -2.12. The molecule has 0 aliphatic heterocycles. The number of aromatic nitrogens is 2. The Morgan fingerprint density at radius 3 is 1.73 bits per heavy atom. The molecule has 2 aromatic heterocycles. The average Bonchev–Trinajstić information content (AvgIpc) is 2.62. The molecule has 0 unspecified atom stereocenters. The van der Waals surface area contributed by atoms with Crippen LogP contribution in [0.3, 0.4) is 0 Å². The predicted molar refractivity (Wildman–Crippen MR) is 121 cm³/mol. The highest BCUT2D eigenvalue weighted by atomic mass is 19.1. The summed E-state index contributed by atoms with van der Waals surface area (Å²) in [5.74, 6) is 1.25. The first-order valence-electron chi connectivity index (χ1n) is 10.6. The van der Waals surface area contributed by atoms with Gasteiger partial charge in [-0.25, -0.2) is 18.7 Å². The van der Waals surface area contributed by atoms with Crippen LogP contribution in [0.25, 0.3) is 0 Å². The van der Waals surface area contributed by atoms with E-state index in [0.29, 0.717) is 17.3 Å². The van der Waals surface area contributed by atoms with Crippen LogP contribution in [0.15, 0.2) is 12.1 Å². The predicted octanol–water partition coefficient (Wildman–Crippen LogP) is 6.95. The van der Waals surface area contributed by atoms with E-state index >= 15 is 0 Å². The highest BCUT2D eigenvalue weighted by Gasteiger charge is 2.18. The SMILES string of the molecule is CC(C)Oc1nc(C(C)C)c(F)cc1C(C)C.CNc1nc(C(C)C)c(F)cc1C. The molecule has 0 radical (unpaired) electrons. The van der Waals surface area contributed by atoms with E-state index < -0.39 is 0 Å². The first-order valence-corrected chi connectivity index (χ1v) is 10.6. The molecule has 168 valence electrons. The van der Waals surface area contributed by atoms with Gasteiger partial charge in [-0.3, -0.25) is 0 Å². The van der Waals surface area contributed by atoms with Gasteiger partial charge in [0.25, 0.3) is 0 Å². The van der Waals surface area contributed by atoms with Gasteiger partial charge in [0.1, 0.15) is 17.5 Å². The Morgan fingerprint density at radius 2 is 1.30 bits per heavy atom. The fourth-order valence-corrected chi connectivity index (χ4v) is 2.89. The van der Waals surface area contributed by atoms with E-state index in [0.717, 1.165) is 16.9 Å². The van der Waals surface area contributed by atoms with Crippen molar-refractivity contribution >= 4 is 5.82 Å². The standard InChI is InChI=1S/C14H22FNO.C10H15FN2/c1-8(2)11-7-12(15)13(9(3)4)16-14(11)17-10(5)6;1-6(2)9-8(11)5-7(3)10(12-4)13-9/h7-10H,1-6H3;5-6H,1-4H3,(H,12,13). The number of nitrogens with one attached hydrogen (secondary N) is 1. The second-order valence-electron chi connectivity index (χ2n) is 8.65. The molecule has 0 aromatic carbocycles. The third-order valence-corrected chi connectivity index (χ3v) is 4.49. The molecule has 2 aromatic rings. The fourth-order valence-electron chi connectivity index (χ4n) is 2.89. The number of halogens is 2. The summed E-state index contributed by atoms with van der Waals surface area (Å²) in [5, 5.41) is 2.94. The molecule has 1 N–H and O–H groups in total. The monoisotopic (exact) mass is 421 g/mol. The molecule has 0 aliphatic rings. The molecular formula is C24H37F2N3O. The Balaban J connectivity index is 0.000000311. The van der Waals surface area contributed by atoms with Crippen LogP contribution in [0.5, 0.6) is 5.88 Å². The van der Waals surface area contributed by atoms with Crippen molar-refractivity contribution in [3.8, 4) is 5.88 Å². The lowest BCUT2D eigenvalue weighted by molar-refractivity contribution is 0.227. The van der Waals surface area contributed by atoms with Crippen LogP contribution in [0.4, 0.5) is 14.6 Å². The molecule has 0 aliphatic carbocycles. The lowest BCUT2D eigenvalue weighted by Gasteiger charge is -2.18. The van der Waals surface area contributed by atoms with Crippen LogP contribution < -0.4 is 10.1 Å². The van der Waals surface area contributed by atoms with E-state index in [1.165, 1.54) is 6.07 Å². The Bertz CT molecular complexity index is 834. The van der Waals surface area contributed by atoms with Crippen molar-refractivity contribution < 1.29 is 13.5 Å². The van der Waals surface area contributed by atoms with Crippen LogP contribution in [-0.4, -0.2) is 23.1 Å². The van der Waals surface area contributed by atoms with E-state index in [4.69, 9.17) is 4.74 Å². The number of nitrogens with zero attached hydrogens (tertiary/aromatic N) is 2. The van der Waals surface area contributed by atoms with Crippen molar-refractivity contribution in [1.29, 1.82) is 0 Å². The maximum Gasteiger partial charge on any atom is 0.217 e. The molecule has 6 heteroatoms. The van der Waals surface area contributed by atoms with Crippen LogP contribution in [0, 0.1) is 18.6 Å². The Morgan fingerprint density at radius 1 is 0.800 bits per heavy atom. The molecule has 0 amide bonds. The van der Waals surface area contributed by atoms with Gasteiger partial charge < -0.3 is 10.1 Å². The highest BCUT2D eigenvalue weighted by molar-refractivity contribution is 5.44. The van der Waals surface area contributed by atoms with E-state index in [2.05, 4.69) is 15.3 Å². The van der Waals surface area contributed by atoms with Crippen molar-refractivity contribution in [3.63, 3.8) is 0 Å². The number of pyridine rings is 2. The molecule has 0 fully saturated rings. The third kappa shape index (κ3) is 6.92. The van der Waals surface area contributed by atoms with E-state index in [1.807, 2.05) is 62.3 Å². The summed E-state index contributed by atoms with van der Waals surface area (Å²) < 4.78 is 32.9. The molecule has 0 saturated heterocycles. The van der Waals surface area contributed by atoms with Gasteiger partial charge in [0.05, 0.1) is 17.5 Å². The number of rotatable bonds is 6. The van der Waals surface area contributed by atoms with Crippen molar-refractivity contribution in [1.82, 2.24) is 9.97 Å². The Kier molecular flexibility index (Phi) is 9.66. The lowest BCUT2D eigenvalue weighted by atomic mass is 10.0. The van der Waals surface area contributed by atoms with Gasteiger partial charge in [-0.1, -0.05) is 41.5 Å². The summed E-state index contributed by atoms with van der Waals surface area (Å²) in [4.78, 5) is 8.54. The number of hydrogen-bond donors (Lipinski definition) is 1. The molecule has 0 saturated carbocycles. The van der Waals surface area contributed by atoms with Gasteiger partial charge in [-0.05, 0) is 56.2 Å². The summed E-state index contributed by atoms with van der Waals surface area (Å²) in [7, 11) is 1.79. The normalized spacial score (nSPS) is 11.2. The molecular weight excluding hydrogens is 384 g/mol. The first-order chi connectivity index (χ1) is 13.9. The van der Waals surface area contributed by atoms with Crippen LogP contribution in [0.2, 0.25) is 0 Å². The minimum absolute atomic E-state index is 0.0467. The number of ether oxygens (including phenoxy) is 1. The fraction of sp³-hybridized carbons (Fsp3) is 0.583. The summed E-state index contributed by atoms with van der Waals surface area (Å²) >= 11 is 0. The summed E-state index contributed by atoms with van der Waals surface area (Å²) in [6.45, 7) is 17.5. The minimum Gasteiger partial charge on any atom is -0.475 e. The zero-order valence-corrected chi connectivity index (χ0v) is 20.0. The Labute approximate surface area is 180 Å². The van der Waals surface area contributed by atoms with Crippen molar-refractivity contribution in [3.05, 3.63) is 46.3 Å². The number of anilines is 1. The van der Waals surface area contributed by atoms with E-state index in [9.17, 15) is 8.78 Å². The van der Waals surface area contributed by atoms with Crippen molar-refractivity contribution in [2.24, 2.45) is 0 Å². The van der Waals surface area contributed by atoms with Crippen molar-refractivity contribution in [2.45, 2.75) is 86.2 Å². The molecule has 0 spiro atoms. The smallest absolute Gasteiger partial charge is 0.217 e. The van der Waals surface area contributed by atoms with Gasteiger partial charge in [-0.15, -0.1) is 0 Å². The zero-order chi connectivity index (χ0) is 23.2. The largest absolute Gasteiger partial charge is 0.475 e. The first kappa shape index (κ1) is 25.8. The summed E-state index contributed by atoms with van der Waals surface area (Å²) in [6, 6.07) is 3.08. The van der Waals surface area contributed by atoms with Crippen LogP contribution in [0.1, 0.15) is 95.7 Å². The number of hydrogen-bond acceptors (Lipinski definition) is 4. The summed E-state index contributed by atoms with van der Waals surface area (Å²) in [5.41, 5.74) is 2.67. The zero-order valence-electron chi connectivity index (χ0n) is 20.0. The topological polar surface area (TPSA) is 47.0 Å². The highest BCUT2D eigenvalue weighted by Crippen LogP contribution is 2.29. The van der Waals surface area contributed by atoms with Gasteiger partial charge in [0, 0.05) is 12.6 Å². The summed E-state index contributed by atoms with van der Waals surface area (Å²) in [6.07, 6.45) is 0.0467. The number of aryl methyl sites for hydroxylation is 1. The van der Waals surface area contributed by atoms with Crippen LogP contribution in [-0.2, 0) is 0 Å². The third-order valence-electron chi connectivity index (χ3n) is 4.49. The second kappa shape index (κ2) is 11.2. The Hall–Kier alpha value is -2.24. The maximum atomic E-state index is 13.9. The molecule has 30 heavy (non-hydrogen) atoms. The van der Waals surface area contributed by atoms with Crippen LogP contribution >= 0.6 is 0 Å². The van der Waals surface area contributed by atoms with Gasteiger partial charge in [0.2, 0.25) is 5.88 Å². The van der Waals surface area contributed by atoms with Gasteiger partial charge in [-0.2, -0.15) is 0 Å². The molecule has 2 rings (SSSR count). The second-order valence-corrected chi connectivity index (χ2v) is 8.65. The van der Waals surface area contributed by atoms with Crippen molar-refractivity contribution in [2.75, 3.05) is 12.4 Å².